The van der Waals surface area contributed by atoms with E-state index in [9.17, 15) is 0 Å². The minimum Gasteiger partial charge on any atom is -0.309 e. The predicted octanol–water partition coefficient (Wildman–Crippen LogP) is 4.22. The van der Waals surface area contributed by atoms with E-state index in [-0.39, 0.29) is 0 Å². The van der Waals surface area contributed by atoms with Gasteiger partial charge in [0.15, 0.2) is 0 Å². The molecule has 1 aliphatic rings. The quantitative estimate of drug-likeness (QED) is 0.843. The third kappa shape index (κ3) is 4.31. The van der Waals surface area contributed by atoms with Crippen molar-refractivity contribution in [3.05, 3.63) is 34.9 Å². The van der Waals surface area contributed by atoms with Crippen molar-refractivity contribution in [2.24, 2.45) is 0 Å². The van der Waals surface area contributed by atoms with Crippen molar-refractivity contribution < 1.29 is 0 Å². The Labute approximate surface area is 130 Å². The molecule has 2 rings (SSSR count). The zero-order valence-corrected chi connectivity index (χ0v) is 14.3. The van der Waals surface area contributed by atoms with Gasteiger partial charge in [0.1, 0.15) is 0 Å². The minimum absolute atomic E-state index is 0.461. The third-order valence-corrected chi connectivity index (χ3v) is 4.89. The minimum atomic E-state index is 0.461. The second-order valence-electron chi connectivity index (χ2n) is 6.52. The van der Waals surface area contributed by atoms with Gasteiger partial charge < -0.3 is 5.32 Å². The first-order chi connectivity index (χ1) is 10.2. The summed E-state index contributed by atoms with van der Waals surface area (Å²) in [5, 5.41) is 3.71. The largest absolute Gasteiger partial charge is 0.309 e. The molecule has 0 aliphatic carbocycles. The van der Waals surface area contributed by atoms with Gasteiger partial charge in [-0.1, -0.05) is 44.0 Å². The van der Waals surface area contributed by atoms with Crippen LogP contribution in [-0.4, -0.2) is 30.6 Å². The highest BCUT2D eigenvalue weighted by Gasteiger charge is 2.24. The maximum absolute atomic E-state index is 3.71. The van der Waals surface area contributed by atoms with E-state index in [1.165, 1.54) is 48.9 Å². The summed E-state index contributed by atoms with van der Waals surface area (Å²) in [6.45, 7) is 12.4. The van der Waals surface area contributed by atoms with Gasteiger partial charge in [-0.05, 0) is 57.3 Å². The average Bonchev–Trinajstić information content (AvgIpc) is 2.47. The molecule has 1 aromatic rings. The highest BCUT2D eigenvalue weighted by Crippen LogP contribution is 2.25. The monoisotopic (exact) mass is 288 g/mol. The lowest BCUT2D eigenvalue weighted by molar-refractivity contribution is 0.129. The van der Waals surface area contributed by atoms with Gasteiger partial charge in [0.05, 0.1) is 0 Å². The zero-order valence-electron chi connectivity index (χ0n) is 14.3. The summed E-state index contributed by atoms with van der Waals surface area (Å²) in [4.78, 5) is 2.72. The molecule has 2 unspecified atom stereocenters. The molecule has 21 heavy (non-hydrogen) atoms. The summed E-state index contributed by atoms with van der Waals surface area (Å²) in [5.74, 6) is 0. The number of likely N-dealkylation sites (tertiary alicyclic amines) is 1. The highest BCUT2D eigenvalue weighted by atomic mass is 15.2. The number of hydrogen-bond acceptors (Lipinski definition) is 2. The maximum Gasteiger partial charge on any atom is 0.0451 e. The Morgan fingerprint density at radius 1 is 1.24 bits per heavy atom. The van der Waals surface area contributed by atoms with Crippen molar-refractivity contribution in [1.29, 1.82) is 0 Å². The van der Waals surface area contributed by atoms with Crippen LogP contribution in [-0.2, 0) is 0 Å². The molecule has 2 atom stereocenters. The lowest BCUT2D eigenvalue weighted by Crippen LogP contribution is -2.44. The molecule has 1 N–H and O–H groups in total. The van der Waals surface area contributed by atoms with Crippen LogP contribution >= 0.6 is 0 Å². The van der Waals surface area contributed by atoms with Crippen LogP contribution in [0.2, 0.25) is 0 Å². The molecule has 0 spiro atoms. The smallest absolute Gasteiger partial charge is 0.0451 e. The first-order valence-electron chi connectivity index (χ1n) is 8.70. The molecule has 2 nitrogen and oxygen atoms in total. The number of piperidine rings is 1. The molecule has 1 aliphatic heterocycles. The summed E-state index contributed by atoms with van der Waals surface area (Å²) in [7, 11) is 0. The molecule has 118 valence electrons. The third-order valence-electron chi connectivity index (χ3n) is 4.89. The Balaban J connectivity index is 2.14. The molecule has 0 aromatic heterocycles. The SMILES string of the molecule is CCNC(CN1CCCCC1CC)c1ccc(C)cc1C. The van der Waals surface area contributed by atoms with Crippen molar-refractivity contribution in [3.8, 4) is 0 Å². The molecule has 0 bridgehead atoms. The summed E-state index contributed by atoms with van der Waals surface area (Å²) >= 11 is 0. The lowest BCUT2D eigenvalue weighted by Gasteiger charge is -2.38. The molecule has 1 heterocycles. The predicted molar refractivity (Wildman–Crippen MR) is 91.8 cm³/mol. The Morgan fingerprint density at radius 3 is 2.71 bits per heavy atom. The van der Waals surface area contributed by atoms with Crippen LogP contribution in [0.1, 0.15) is 62.3 Å². The van der Waals surface area contributed by atoms with Gasteiger partial charge in [-0.3, -0.25) is 4.90 Å². The van der Waals surface area contributed by atoms with E-state index in [0.717, 1.165) is 19.1 Å². The van der Waals surface area contributed by atoms with E-state index in [1.54, 1.807) is 0 Å². The lowest BCUT2D eigenvalue weighted by atomic mass is 9.95. The van der Waals surface area contributed by atoms with Crippen LogP contribution in [0.5, 0.6) is 0 Å². The van der Waals surface area contributed by atoms with Crippen molar-refractivity contribution in [1.82, 2.24) is 10.2 Å². The van der Waals surface area contributed by atoms with Gasteiger partial charge in [0.25, 0.3) is 0 Å². The van der Waals surface area contributed by atoms with E-state index in [2.05, 4.69) is 56.1 Å². The molecular formula is C19H32N2. The van der Waals surface area contributed by atoms with E-state index < -0.39 is 0 Å². The van der Waals surface area contributed by atoms with E-state index in [1.807, 2.05) is 0 Å². The fourth-order valence-corrected chi connectivity index (χ4v) is 3.73. The number of nitrogens with zero attached hydrogens (tertiary/aromatic N) is 1. The number of rotatable bonds is 6. The molecule has 1 aromatic carbocycles. The summed E-state index contributed by atoms with van der Waals surface area (Å²) in [6.07, 6.45) is 5.43. The van der Waals surface area contributed by atoms with Crippen LogP contribution in [0.25, 0.3) is 0 Å². The zero-order chi connectivity index (χ0) is 15.2. The highest BCUT2D eigenvalue weighted by molar-refractivity contribution is 5.33. The van der Waals surface area contributed by atoms with Gasteiger partial charge in [-0.2, -0.15) is 0 Å². The Hall–Kier alpha value is -0.860. The topological polar surface area (TPSA) is 15.3 Å². The van der Waals surface area contributed by atoms with Crippen LogP contribution in [0, 0.1) is 13.8 Å². The molecule has 1 saturated heterocycles. The summed E-state index contributed by atoms with van der Waals surface area (Å²) in [6, 6.07) is 8.13. The van der Waals surface area contributed by atoms with Crippen molar-refractivity contribution in [3.63, 3.8) is 0 Å². The Bertz CT molecular complexity index is 441. The molecular weight excluding hydrogens is 256 g/mol. The van der Waals surface area contributed by atoms with Gasteiger partial charge in [0.2, 0.25) is 0 Å². The molecule has 0 saturated carbocycles. The first kappa shape index (κ1) is 16.5. The second-order valence-corrected chi connectivity index (χ2v) is 6.52. The normalized spacial score (nSPS) is 21.4. The van der Waals surface area contributed by atoms with Crippen molar-refractivity contribution in [2.75, 3.05) is 19.6 Å². The molecule has 2 heteroatoms. The van der Waals surface area contributed by atoms with Crippen LogP contribution in [0.3, 0.4) is 0 Å². The van der Waals surface area contributed by atoms with Gasteiger partial charge in [0, 0.05) is 18.6 Å². The van der Waals surface area contributed by atoms with Crippen molar-refractivity contribution in [2.45, 2.75) is 65.5 Å². The van der Waals surface area contributed by atoms with Crippen molar-refractivity contribution >= 4 is 0 Å². The Kier molecular flexibility index (Phi) is 6.25. The number of benzene rings is 1. The van der Waals surface area contributed by atoms with Crippen LogP contribution in [0.15, 0.2) is 18.2 Å². The molecule has 0 radical (unpaired) electrons. The Morgan fingerprint density at radius 2 is 2.05 bits per heavy atom. The first-order valence-corrected chi connectivity index (χ1v) is 8.70. The van der Waals surface area contributed by atoms with E-state index >= 15 is 0 Å². The van der Waals surface area contributed by atoms with E-state index in [0.29, 0.717) is 6.04 Å². The fraction of sp³-hybridized carbons (Fsp3) is 0.684. The number of nitrogens with one attached hydrogen (secondary N) is 1. The number of hydrogen-bond donors (Lipinski definition) is 1. The number of likely N-dealkylation sites (N-methyl/N-ethyl adjacent to an activating group) is 1. The van der Waals surface area contributed by atoms with Crippen LogP contribution in [0.4, 0.5) is 0 Å². The van der Waals surface area contributed by atoms with Gasteiger partial charge >= 0.3 is 0 Å². The maximum atomic E-state index is 3.71. The van der Waals surface area contributed by atoms with Gasteiger partial charge in [-0.25, -0.2) is 0 Å². The molecule has 0 amide bonds. The average molecular weight is 288 g/mol. The standard InChI is InChI=1S/C19H32N2/c1-5-17-9-7-8-12-21(17)14-19(20-6-2)18-11-10-15(3)13-16(18)4/h10-11,13,17,19-20H,5-9,12,14H2,1-4H3. The number of aryl methyl sites for hydroxylation is 2. The molecule has 1 fully saturated rings. The van der Waals surface area contributed by atoms with Gasteiger partial charge in [-0.15, -0.1) is 0 Å². The van der Waals surface area contributed by atoms with E-state index in [4.69, 9.17) is 0 Å². The van der Waals surface area contributed by atoms with Crippen LogP contribution < -0.4 is 5.32 Å². The fourth-order valence-electron chi connectivity index (χ4n) is 3.73. The second kappa shape index (κ2) is 7.95. The summed E-state index contributed by atoms with van der Waals surface area (Å²) in [5.41, 5.74) is 4.25. The summed E-state index contributed by atoms with van der Waals surface area (Å²) < 4.78 is 0.